The smallest absolute Gasteiger partial charge is 0.277 e. The van der Waals surface area contributed by atoms with E-state index in [-0.39, 0.29) is 12.5 Å². The SMILES string of the molecule is CCc1ccccc1OCC(=O)N/N=C/C=C/c1ccccc1. The van der Waals surface area contributed by atoms with Crippen LogP contribution in [-0.2, 0) is 11.2 Å². The molecule has 1 amide bonds. The van der Waals surface area contributed by atoms with Gasteiger partial charge in [-0.1, -0.05) is 61.5 Å². The molecule has 1 N–H and O–H groups in total. The quantitative estimate of drug-likeness (QED) is 0.629. The molecule has 4 heteroatoms. The summed E-state index contributed by atoms with van der Waals surface area (Å²) in [6.45, 7) is 1.99. The normalized spacial score (nSPS) is 11.0. The number of ether oxygens (including phenoxy) is 1. The second kappa shape index (κ2) is 9.20. The highest BCUT2D eigenvalue weighted by Gasteiger charge is 2.04. The van der Waals surface area contributed by atoms with E-state index in [0.29, 0.717) is 0 Å². The Bertz CT molecular complexity index is 679. The van der Waals surface area contributed by atoms with E-state index in [2.05, 4.69) is 10.5 Å². The molecule has 0 aliphatic rings. The van der Waals surface area contributed by atoms with Crippen LogP contribution in [0.4, 0.5) is 0 Å². The van der Waals surface area contributed by atoms with Crippen LogP contribution in [-0.4, -0.2) is 18.7 Å². The Balaban J connectivity index is 1.75. The topological polar surface area (TPSA) is 50.7 Å². The van der Waals surface area contributed by atoms with E-state index in [1.807, 2.05) is 67.6 Å². The molecule has 118 valence electrons. The lowest BCUT2D eigenvalue weighted by Gasteiger charge is -2.08. The van der Waals surface area contributed by atoms with Gasteiger partial charge >= 0.3 is 0 Å². The fourth-order valence-electron chi connectivity index (χ4n) is 1.98. The van der Waals surface area contributed by atoms with Gasteiger partial charge in [0.05, 0.1) is 0 Å². The van der Waals surface area contributed by atoms with Crippen LogP contribution in [0, 0.1) is 0 Å². The largest absolute Gasteiger partial charge is 0.483 e. The van der Waals surface area contributed by atoms with E-state index < -0.39 is 0 Å². The number of allylic oxidation sites excluding steroid dienone is 1. The molecule has 0 radical (unpaired) electrons. The zero-order valence-corrected chi connectivity index (χ0v) is 13.1. The van der Waals surface area contributed by atoms with Crippen LogP contribution in [0.15, 0.2) is 65.8 Å². The summed E-state index contributed by atoms with van der Waals surface area (Å²) in [6.07, 6.45) is 6.07. The van der Waals surface area contributed by atoms with Gasteiger partial charge in [-0.15, -0.1) is 0 Å². The minimum absolute atomic E-state index is 0.0588. The van der Waals surface area contributed by atoms with E-state index in [1.165, 1.54) is 6.21 Å². The van der Waals surface area contributed by atoms with Crippen LogP contribution < -0.4 is 10.2 Å². The molecule has 2 aromatic rings. The Kier molecular flexibility index (Phi) is 6.60. The predicted molar refractivity (Wildman–Crippen MR) is 93.4 cm³/mol. The van der Waals surface area contributed by atoms with Gasteiger partial charge in [0.15, 0.2) is 6.61 Å². The molecule has 2 aromatic carbocycles. The molecule has 0 aliphatic heterocycles. The van der Waals surface area contributed by atoms with Gasteiger partial charge in [0.2, 0.25) is 0 Å². The zero-order valence-electron chi connectivity index (χ0n) is 13.1. The molecule has 4 nitrogen and oxygen atoms in total. The van der Waals surface area contributed by atoms with Crippen molar-refractivity contribution in [2.24, 2.45) is 5.10 Å². The number of aryl methyl sites for hydroxylation is 1. The minimum atomic E-state index is -0.291. The number of para-hydroxylation sites is 1. The molecule has 0 aromatic heterocycles. The number of benzene rings is 2. The first-order valence-electron chi connectivity index (χ1n) is 7.54. The minimum Gasteiger partial charge on any atom is -0.483 e. The van der Waals surface area contributed by atoms with Gasteiger partial charge in [0.1, 0.15) is 5.75 Å². The zero-order chi connectivity index (χ0) is 16.3. The third kappa shape index (κ3) is 5.79. The Morgan fingerprint density at radius 1 is 1.13 bits per heavy atom. The van der Waals surface area contributed by atoms with Crippen LogP contribution in [0.1, 0.15) is 18.1 Å². The van der Waals surface area contributed by atoms with E-state index >= 15 is 0 Å². The standard InChI is InChI=1S/C19H20N2O2/c1-2-17-12-6-7-13-18(17)23-15-19(22)21-20-14-8-11-16-9-4-3-5-10-16/h3-14H,2,15H2,1H3,(H,21,22)/b11-8+,20-14+. The molecule has 23 heavy (non-hydrogen) atoms. The van der Waals surface area contributed by atoms with Crippen molar-refractivity contribution in [1.29, 1.82) is 0 Å². The van der Waals surface area contributed by atoms with Crippen molar-refractivity contribution in [3.05, 3.63) is 71.8 Å². The van der Waals surface area contributed by atoms with Crippen LogP contribution in [0.3, 0.4) is 0 Å². The van der Waals surface area contributed by atoms with Crippen molar-refractivity contribution in [3.8, 4) is 5.75 Å². The lowest BCUT2D eigenvalue weighted by Crippen LogP contribution is -2.24. The molecule has 0 bridgehead atoms. The average molecular weight is 308 g/mol. The number of hydrazone groups is 1. The molecule has 0 aliphatic carbocycles. The van der Waals surface area contributed by atoms with Gasteiger partial charge in [0, 0.05) is 6.21 Å². The number of hydrogen-bond donors (Lipinski definition) is 1. The lowest BCUT2D eigenvalue weighted by molar-refractivity contribution is -0.123. The monoisotopic (exact) mass is 308 g/mol. The van der Waals surface area contributed by atoms with Crippen molar-refractivity contribution < 1.29 is 9.53 Å². The molecule has 2 rings (SSSR count). The molecule has 0 saturated carbocycles. The summed E-state index contributed by atoms with van der Waals surface area (Å²) in [5.74, 6) is 0.443. The van der Waals surface area contributed by atoms with Crippen LogP contribution in [0.25, 0.3) is 6.08 Å². The fourth-order valence-corrected chi connectivity index (χ4v) is 1.98. The number of nitrogens with zero attached hydrogens (tertiary/aromatic N) is 1. The number of hydrogen-bond acceptors (Lipinski definition) is 3. The molecule has 0 atom stereocenters. The number of carbonyl (C=O) groups excluding carboxylic acids is 1. The molecule has 0 unspecified atom stereocenters. The molecule has 0 saturated heterocycles. The first-order valence-corrected chi connectivity index (χ1v) is 7.54. The van der Waals surface area contributed by atoms with Crippen LogP contribution in [0.2, 0.25) is 0 Å². The van der Waals surface area contributed by atoms with Gasteiger partial charge in [-0.2, -0.15) is 5.10 Å². The maximum Gasteiger partial charge on any atom is 0.277 e. The molecule has 0 fully saturated rings. The molecular formula is C19H20N2O2. The summed E-state index contributed by atoms with van der Waals surface area (Å²) in [4.78, 5) is 11.7. The van der Waals surface area contributed by atoms with Crippen molar-refractivity contribution in [1.82, 2.24) is 5.43 Å². The number of rotatable bonds is 7. The summed E-state index contributed by atoms with van der Waals surface area (Å²) < 4.78 is 5.51. The first-order chi connectivity index (χ1) is 11.3. The molecular weight excluding hydrogens is 288 g/mol. The lowest BCUT2D eigenvalue weighted by atomic mass is 10.1. The van der Waals surface area contributed by atoms with Gasteiger partial charge < -0.3 is 4.74 Å². The molecule has 0 spiro atoms. The fraction of sp³-hybridized carbons (Fsp3) is 0.158. The van der Waals surface area contributed by atoms with Crippen molar-refractivity contribution in [2.45, 2.75) is 13.3 Å². The van der Waals surface area contributed by atoms with E-state index in [1.54, 1.807) is 6.08 Å². The maximum atomic E-state index is 11.7. The second-order valence-electron chi connectivity index (χ2n) is 4.83. The van der Waals surface area contributed by atoms with E-state index in [0.717, 1.165) is 23.3 Å². The average Bonchev–Trinajstić information content (AvgIpc) is 2.60. The van der Waals surface area contributed by atoms with Gasteiger partial charge in [-0.05, 0) is 29.7 Å². The van der Waals surface area contributed by atoms with E-state index in [9.17, 15) is 4.79 Å². The Hall–Kier alpha value is -2.88. The highest BCUT2D eigenvalue weighted by atomic mass is 16.5. The third-order valence-corrected chi connectivity index (χ3v) is 3.15. The Morgan fingerprint density at radius 3 is 2.65 bits per heavy atom. The Labute approximate surface area is 136 Å². The first kappa shape index (κ1) is 16.5. The summed E-state index contributed by atoms with van der Waals surface area (Å²) in [5, 5.41) is 3.85. The number of nitrogens with one attached hydrogen (secondary N) is 1. The summed E-state index contributed by atoms with van der Waals surface area (Å²) in [7, 11) is 0. The van der Waals surface area contributed by atoms with Crippen molar-refractivity contribution in [3.63, 3.8) is 0 Å². The second-order valence-corrected chi connectivity index (χ2v) is 4.83. The number of amides is 1. The van der Waals surface area contributed by atoms with Crippen molar-refractivity contribution >= 4 is 18.2 Å². The predicted octanol–water partition coefficient (Wildman–Crippen LogP) is 3.44. The highest BCUT2D eigenvalue weighted by molar-refractivity contribution is 5.81. The summed E-state index contributed by atoms with van der Waals surface area (Å²) >= 11 is 0. The van der Waals surface area contributed by atoms with Crippen LogP contribution in [0.5, 0.6) is 5.75 Å². The summed E-state index contributed by atoms with van der Waals surface area (Å²) in [6, 6.07) is 17.5. The van der Waals surface area contributed by atoms with Gasteiger partial charge in [-0.25, -0.2) is 5.43 Å². The third-order valence-electron chi connectivity index (χ3n) is 3.15. The van der Waals surface area contributed by atoms with Crippen molar-refractivity contribution in [2.75, 3.05) is 6.61 Å². The maximum absolute atomic E-state index is 11.7. The Morgan fingerprint density at radius 2 is 1.87 bits per heavy atom. The number of carbonyl (C=O) groups is 1. The van der Waals surface area contributed by atoms with E-state index in [4.69, 9.17) is 4.74 Å². The van der Waals surface area contributed by atoms with Gasteiger partial charge in [0.25, 0.3) is 5.91 Å². The molecule has 0 heterocycles. The van der Waals surface area contributed by atoms with Gasteiger partial charge in [-0.3, -0.25) is 4.79 Å². The van der Waals surface area contributed by atoms with Crippen LogP contribution >= 0.6 is 0 Å². The summed E-state index contributed by atoms with van der Waals surface area (Å²) in [5.41, 5.74) is 4.58. The highest BCUT2D eigenvalue weighted by Crippen LogP contribution is 2.17.